The van der Waals surface area contributed by atoms with Gasteiger partial charge in [0, 0.05) is 25.6 Å². The number of benzene rings is 1. The lowest BCUT2D eigenvalue weighted by Gasteiger charge is -2.32. The number of carbonyl (C=O) groups is 1. The smallest absolute Gasteiger partial charge is 0.310 e. The average Bonchev–Trinajstić information content (AvgIpc) is 2.70. The second kappa shape index (κ2) is 10.9. The summed E-state index contributed by atoms with van der Waals surface area (Å²) in [4.78, 5) is 16.1. The highest BCUT2D eigenvalue weighted by molar-refractivity contribution is 5.80. The molecule has 6 heteroatoms. The van der Waals surface area contributed by atoms with E-state index in [1.54, 1.807) is 0 Å². The molecular formula is C21H33N3O3. The van der Waals surface area contributed by atoms with Crippen LogP contribution < -0.4 is 10.6 Å². The fourth-order valence-corrected chi connectivity index (χ4v) is 3.25. The predicted molar refractivity (Wildman–Crippen MR) is 108 cm³/mol. The number of ether oxygens (including phenoxy) is 2. The van der Waals surface area contributed by atoms with Crippen LogP contribution in [0.5, 0.6) is 0 Å². The van der Waals surface area contributed by atoms with Crippen LogP contribution in [0.15, 0.2) is 29.3 Å². The van der Waals surface area contributed by atoms with Crippen LogP contribution in [0.1, 0.15) is 43.9 Å². The van der Waals surface area contributed by atoms with Gasteiger partial charge in [0.1, 0.15) is 0 Å². The van der Waals surface area contributed by atoms with Gasteiger partial charge in [-0.2, -0.15) is 0 Å². The highest BCUT2D eigenvalue weighted by Crippen LogP contribution is 2.33. The molecule has 1 aromatic carbocycles. The molecule has 3 unspecified atom stereocenters. The number of hydrogen-bond acceptors (Lipinski definition) is 4. The molecule has 0 aliphatic carbocycles. The lowest BCUT2D eigenvalue weighted by molar-refractivity contribution is -0.144. The Bertz CT molecular complexity index is 616. The third-order valence-corrected chi connectivity index (χ3v) is 4.85. The number of guanidine groups is 1. The number of nitrogens with zero attached hydrogens (tertiary/aromatic N) is 1. The molecule has 1 aromatic rings. The van der Waals surface area contributed by atoms with E-state index in [2.05, 4.69) is 46.8 Å². The summed E-state index contributed by atoms with van der Waals surface area (Å²) in [5.74, 6) is 0.600. The van der Waals surface area contributed by atoms with E-state index in [4.69, 9.17) is 9.47 Å². The lowest BCUT2D eigenvalue weighted by atomic mass is 9.89. The first-order valence-electron chi connectivity index (χ1n) is 9.83. The largest absolute Gasteiger partial charge is 0.469 e. The van der Waals surface area contributed by atoms with E-state index < -0.39 is 0 Å². The van der Waals surface area contributed by atoms with Crippen LogP contribution in [0.4, 0.5) is 0 Å². The molecule has 1 fully saturated rings. The Morgan fingerprint density at radius 1 is 1.33 bits per heavy atom. The Balaban J connectivity index is 1.98. The second-order valence-corrected chi connectivity index (χ2v) is 7.13. The molecule has 2 rings (SSSR count). The maximum absolute atomic E-state index is 11.6. The minimum atomic E-state index is -0.260. The van der Waals surface area contributed by atoms with Crippen LogP contribution in [-0.2, 0) is 14.3 Å². The van der Waals surface area contributed by atoms with Gasteiger partial charge in [-0.15, -0.1) is 0 Å². The monoisotopic (exact) mass is 375 g/mol. The molecule has 0 bridgehead atoms. The molecule has 1 heterocycles. The Morgan fingerprint density at radius 2 is 2.07 bits per heavy atom. The molecule has 0 amide bonds. The zero-order valence-corrected chi connectivity index (χ0v) is 17.0. The molecule has 1 aliphatic rings. The topological polar surface area (TPSA) is 72.0 Å². The summed E-state index contributed by atoms with van der Waals surface area (Å²) in [6.45, 7) is 8.68. The Hall–Kier alpha value is -2.08. The van der Waals surface area contributed by atoms with E-state index in [1.807, 2.05) is 13.8 Å². The number of rotatable bonds is 7. The minimum absolute atomic E-state index is 0.101. The van der Waals surface area contributed by atoms with Crippen LogP contribution in [0.2, 0.25) is 0 Å². The summed E-state index contributed by atoms with van der Waals surface area (Å²) in [6.07, 6.45) is 2.29. The zero-order valence-electron chi connectivity index (χ0n) is 17.0. The van der Waals surface area contributed by atoms with Gasteiger partial charge in [0.15, 0.2) is 5.96 Å². The number of aliphatic imine (C=N–C) groups is 1. The summed E-state index contributed by atoms with van der Waals surface area (Å²) in [7, 11) is 1.40. The first kappa shape index (κ1) is 21.2. The van der Waals surface area contributed by atoms with Crippen molar-refractivity contribution in [1.82, 2.24) is 10.6 Å². The second-order valence-electron chi connectivity index (χ2n) is 7.13. The SMILES string of the molecule is CCNC(=NCC(C)C(=O)OC)NCC1CCCOC1c1ccc(C)cc1. The van der Waals surface area contributed by atoms with Crippen molar-refractivity contribution in [3.05, 3.63) is 35.4 Å². The summed E-state index contributed by atoms with van der Waals surface area (Å²) < 4.78 is 10.9. The van der Waals surface area contributed by atoms with E-state index in [0.29, 0.717) is 12.5 Å². The van der Waals surface area contributed by atoms with Gasteiger partial charge in [0.05, 0.1) is 25.7 Å². The molecule has 27 heavy (non-hydrogen) atoms. The Kier molecular flexibility index (Phi) is 8.58. The molecule has 0 spiro atoms. The summed E-state index contributed by atoms with van der Waals surface area (Å²) in [6, 6.07) is 8.60. The maximum atomic E-state index is 11.6. The van der Waals surface area contributed by atoms with E-state index in [1.165, 1.54) is 18.2 Å². The highest BCUT2D eigenvalue weighted by Gasteiger charge is 2.27. The van der Waals surface area contributed by atoms with Gasteiger partial charge < -0.3 is 20.1 Å². The normalized spacial score (nSPS) is 21.4. The molecule has 1 saturated heterocycles. The number of hydrogen-bond donors (Lipinski definition) is 2. The molecule has 0 radical (unpaired) electrons. The van der Waals surface area contributed by atoms with Crippen molar-refractivity contribution in [2.45, 2.75) is 39.7 Å². The molecule has 150 valence electrons. The number of methoxy groups -OCH3 is 1. The van der Waals surface area contributed by atoms with Gasteiger partial charge in [-0.3, -0.25) is 9.79 Å². The molecule has 6 nitrogen and oxygen atoms in total. The van der Waals surface area contributed by atoms with E-state index in [9.17, 15) is 4.79 Å². The van der Waals surface area contributed by atoms with Crippen LogP contribution in [0.25, 0.3) is 0 Å². The number of esters is 1. The lowest BCUT2D eigenvalue weighted by Crippen LogP contribution is -2.42. The Morgan fingerprint density at radius 3 is 2.74 bits per heavy atom. The van der Waals surface area contributed by atoms with Gasteiger partial charge in [-0.1, -0.05) is 36.8 Å². The van der Waals surface area contributed by atoms with Gasteiger partial charge in [-0.25, -0.2) is 0 Å². The van der Waals surface area contributed by atoms with Gasteiger partial charge >= 0.3 is 5.97 Å². The van der Waals surface area contributed by atoms with E-state index in [-0.39, 0.29) is 18.0 Å². The first-order chi connectivity index (χ1) is 13.0. The molecule has 3 atom stereocenters. The first-order valence-corrected chi connectivity index (χ1v) is 9.83. The number of nitrogens with one attached hydrogen (secondary N) is 2. The molecule has 0 aromatic heterocycles. The molecule has 0 saturated carbocycles. The van der Waals surface area contributed by atoms with Crippen molar-refractivity contribution in [2.75, 3.05) is 33.4 Å². The van der Waals surface area contributed by atoms with Crippen molar-refractivity contribution in [3.8, 4) is 0 Å². The average molecular weight is 376 g/mol. The van der Waals surface area contributed by atoms with Crippen molar-refractivity contribution in [3.63, 3.8) is 0 Å². The van der Waals surface area contributed by atoms with Crippen molar-refractivity contribution < 1.29 is 14.3 Å². The van der Waals surface area contributed by atoms with Crippen LogP contribution in [0.3, 0.4) is 0 Å². The molecule has 2 N–H and O–H groups in total. The standard InChI is InChI=1S/C21H33N3O3/c1-5-22-21(23-13-16(3)20(25)26-4)24-14-18-7-6-12-27-19(18)17-10-8-15(2)9-11-17/h8-11,16,18-19H,5-7,12-14H2,1-4H3,(H2,22,23,24). The van der Waals surface area contributed by atoms with E-state index >= 15 is 0 Å². The fraction of sp³-hybridized carbons (Fsp3) is 0.619. The van der Waals surface area contributed by atoms with Gasteiger partial charge in [0.25, 0.3) is 0 Å². The third kappa shape index (κ3) is 6.54. The number of carbonyl (C=O) groups excluding carboxylic acids is 1. The third-order valence-electron chi connectivity index (χ3n) is 4.85. The predicted octanol–water partition coefficient (Wildman–Crippen LogP) is 2.83. The summed E-state index contributed by atoms with van der Waals surface area (Å²) >= 11 is 0. The van der Waals surface area contributed by atoms with Crippen LogP contribution in [-0.4, -0.2) is 45.3 Å². The fourth-order valence-electron chi connectivity index (χ4n) is 3.25. The quantitative estimate of drug-likeness (QED) is 0.436. The van der Waals surface area contributed by atoms with Crippen LogP contribution >= 0.6 is 0 Å². The van der Waals surface area contributed by atoms with E-state index in [0.717, 1.165) is 38.5 Å². The highest BCUT2D eigenvalue weighted by atomic mass is 16.5. The van der Waals surface area contributed by atoms with Crippen LogP contribution in [0, 0.1) is 18.8 Å². The zero-order chi connectivity index (χ0) is 19.6. The number of aryl methyl sites for hydroxylation is 1. The minimum Gasteiger partial charge on any atom is -0.469 e. The summed E-state index contributed by atoms with van der Waals surface area (Å²) in [5.41, 5.74) is 2.49. The molecule has 1 aliphatic heterocycles. The van der Waals surface area contributed by atoms with Gasteiger partial charge in [0.2, 0.25) is 0 Å². The van der Waals surface area contributed by atoms with Crippen molar-refractivity contribution >= 4 is 11.9 Å². The summed E-state index contributed by atoms with van der Waals surface area (Å²) in [5, 5.41) is 6.66. The molecular weight excluding hydrogens is 342 g/mol. The van der Waals surface area contributed by atoms with Crippen molar-refractivity contribution in [2.24, 2.45) is 16.8 Å². The van der Waals surface area contributed by atoms with Gasteiger partial charge in [-0.05, 0) is 32.3 Å². The maximum Gasteiger partial charge on any atom is 0.310 e. The Labute approximate surface area is 162 Å². The van der Waals surface area contributed by atoms with Crippen molar-refractivity contribution in [1.29, 1.82) is 0 Å².